The Morgan fingerprint density at radius 3 is 2.61 bits per heavy atom. The van der Waals surface area contributed by atoms with Crippen molar-refractivity contribution < 1.29 is 4.74 Å². The van der Waals surface area contributed by atoms with Crippen LogP contribution in [0.25, 0.3) is 16.6 Å². The molecule has 4 nitrogen and oxygen atoms in total. The Balaban J connectivity index is 2.05. The van der Waals surface area contributed by atoms with E-state index in [-0.39, 0.29) is 0 Å². The van der Waals surface area contributed by atoms with E-state index in [1.165, 1.54) is 37.7 Å². The van der Waals surface area contributed by atoms with Crippen molar-refractivity contribution in [2.24, 2.45) is 0 Å². The molecule has 0 saturated heterocycles. The lowest BCUT2D eigenvalue weighted by Gasteiger charge is -2.24. The van der Waals surface area contributed by atoms with E-state index in [1.807, 2.05) is 13.3 Å². The first-order chi connectivity index (χ1) is 11.2. The first-order valence-corrected chi connectivity index (χ1v) is 8.51. The molecule has 3 aromatic rings. The van der Waals surface area contributed by atoms with Crippen LogP contribution in [0.2, 0.25) is 0 Å². The van der Waals surface area contributed by atoms with Gasteiger partial charge in [0.1, 0.15) is 12.1 Å². The average Bonchev–Trinajstić information content (AvgIpc) is 2.98. The second-order valence-corrected chi connectivity index (χ2v) is 6.67. The fraction of sp³-hybridized carbons (Fsp3) is 0.474. The molecule has 0 atom stereocenters. The van der Waals surface area contributed by atoms with Crippen molar-refractivity contribution in [2.45, 2.75) is 51.9 Å². The van der Waals surface area contributed by atoms with E-state index in [0.29, 0.717) is 5.92 Å². The van der Waals surface area contributed by atoms with Crippen molar-refractivity contribution in [3.63, 3.8) is 0 Å². The number of imidazole rings is 1. The monoisotopic (exact) mass is 309 g/mol. The van der Waals surface area contributed by atoms with Crippen LogP contribution >= 0.6 is 0 Å². The highest BCUT2D eigenvalue weighted by Gasteiger charge is 2.21. The molecule has 4 heteroatoms. The molecule has 0 bridgehead atoms. The maximum absolute atomic E-state index is 5.58. The summed E-state index contributed by atoms with van der Waals surface area (Å²) in [6.07, 6.45) is 8.40. The van der Waals surface area contributed by atoms with Crippen LogP contribution in [0.1, 0.15) is 55.0 Å². The molecule has 1 saturated carbocycles. The van der Waals surface area contributed by atoms with E-state index in [2.05, 4.69) is 28.4 Å². The molecule has 0 N–H and O–H groups in total. The van der Waals surface area contributed by atoms with Crippen LogP contribution in [0.15, 0.2) is 18.5 Å². The molecule has 1 aliphatic carbocycles. The number of benzene rings is 1. The van der Waals surface area contributed by atoms with Crippen LogP contribution in [0, 0.1) is 13.8 Å². The van der Waals surface area contributed by atoms with Gasteiger partial charge < -0.3 is 4.74 Å². The normalized spacial score (nSPS) is 16.3. The first kappa shape index (κ1) is 14.5. The molecule has 0 amide bonds. The molecule has 0 aliphatic heterocycles. The Bertz CT molecular complexity index is 875. The van der Waals surface area contributed by atoms with Crippen LogP contribution in [0.5, 0.6) is 5.75 Å². The van der Waals surface area contributed by atoms with Crippen molar-refractivity contribution in [1.29, 1.82) is 0 Å². The van der Waals surface area contributed by atoms with Crippen LogP contribution in [0.3, 0.4) is 0 Å². The number of ether oxygens (including phenoxy) is 1. The van der Waals surface area contributed by atoms with Gasteiger partial charge in [0.2, 0.25) is 0 Å². The Morgan fingerprint density at radius 1 is 1.09 bits per heavy atom. The third kappa shape index (κ3) is 2.28. The molecule has 120 valence electrons. The molecule has 1 aromatic carbocycles. The number of nitrogens with zero attached hydrogens (tertiary/aromatic N) is 3. The summed E-state index contributed by atoms with van der Waals surface area (Å²) >= 11 is 0. The summed E-state index contributed by atoms with van der Waals surface area (Å²) in [5.41, 5.74) is 6.75. The number of hydrogen-bond acceptors (Lipinski definition) is 3. The minimum atomic E-state index is 0.593. The minimum Gasteiger partial charge on any atom is -0.497 e. The summed E-state index contributed by atoms with van der Waals surface area (Å²) in [4.78, 5) is 9.46. The van der Waals surface area contributed by atoms with Gasteiger partial charge in [0.05, 0.1) is 35.0 Å². The number of methoxy groups -OCH3 is 1. The van der Waals surface area contributed by atoms with Crippen LogP contribution < -0.4 is 4.74 Å². The Labute approximate surface area is 136 Å². The summed E-state index contributed by atoms with van der Waals surface area (Å²) in [5, 5.41) is 0. The standard InChI is InChI=1S/C19H23N3O/c1-12-19-13(2)21-18-16(14-7-5-4-6-8-14)9-15(23-3)10-17(18)22(19)11-20-12/h9-11,14H,4-8H2,1-3H3. The van der Waals surface area contributed by atoms with Crippen molar-refractivity contribution in [3.8, 4) is 5.75 Å². The van der Waals surface area contributed by atoms with Gasteiger partial charge in [-0.25, -0.2) is 9.97 Å². The quantitative estimate of drug-likeness (QED) is 0.697. The molecule has 1 aliphatic rings. The zero-order valence-electron chi connectivity index (χ0n) is 14.1. The van der Waals surface area contributed by atoms with Gasteiger partial charge in [0.15, 0.2) is 0 Å². The summed E-state index contributed by atoms with van der Waals surface area (Å²) in [6.45, 7) is 4.12. The summed E-state index contributed by atoms with van der Waals surface area (Å²) in [6, 6.07) is 4.28. The van der Waals surface area contributed by atoms with E-state index in [0.717, 1.165) is 33.7 Å². The highest BCUT2D eigenvalue weighted by molar-refractivity contribution is 5.85. The molecule has 4 rings (SSSR count). The van der Waals surface area contributed by atoms with Gasteiger partial charge in [-0.1, -0.05) is 19.3 Å². The molecular weight excluding hydrogens is 286 g/mol. The Hall–Kier alpha value is -2.10. The first-order valence-electron chi connectivity index (χ1n) is 8.51. The zero-order valence-corrected chi connectivity index (χ0v) is 14.1. The highest BCUT2D eigenvalue weighted by Crippen LogP contribution is 2.38. The van der Waals surface area contributed by atoms with Gasteiger partial charge in [-0.3, -0.25) is 4.40 Å². The molecular formula is C19H23N3O. The van der Waals surface area contributed by atoms with Crippen LogP contribution in [0.4, 0.5) is 0 Å². The van der Waals surface area contributed by atoms with Gasteiger partial charge in [0, 0.05) is 6.07 Å². The van der Waals surface area contributed by atoms with E-state index >= 15 is 0 Å². The summed E-state index contributed by atoms with van der Waals surface area (Å²) < 4.78 is 7.75. The predicted molar refractivity (Wildman–Crippen MR) is 92.3 cm³/mol. The summed E-state index contributed by atoms with van der Waals surface area (Å²) in [7, 11) is 1.74. The van der Waals surface area contributed by atoms with Gasteiger partial charge in [-0.15, -0.1) is 0 Å². The third-order valence-electron chi connectivity index (χ3n) is 5.21. The molecule has 2 heterocycles. The van der Waals surface area contributed by atoms with Crippen molar-refractivity contribution in [2.75, 3.05) is 7.11 Å². The third-order valence-corrected chi connectivity index (χ3v) is 5.21. The highest BCUT2D eigenvalue weighted by atomic mass is 16.5. The molecule has 2 aromatic heterocycles. The Morgan fingerprint density at radius 2 is 1.87 bits per heavy atom. The van der Waals surface area contributed by atoms with E-state index in [1.54, 1.807) is 7.11 Å². The fourth-order valence-electron chi connectivity index (χ4n) is 4.04. The number of hydrogen-bond donors (Lipinski definition) is 0. The largest absolute Gasteiger partial charge is 0.497 e. The van der Waals surface area contributed by atoms with Crippen molar-refractivity contribution in [1.82, 2.24) is 14.4 Å². The van der Waals surface area contributed by atoms with Gasteiger partial charge in [-0.2, -0.15) is 0 Å². The lowest BCUT2D eigenvalue weighted by atomic mass is 9.83. The number of aryl methyl sites for hydroxylation is 2. The number of rotatable bonds is 2. The maximum Gasteiger partial charge on any atom is 0.121 e. The molecule has 0 unspecified atom stereocenters. The van der Waals surface area contributed by atoms with Gasteiger partial charge in [-0.05, 0) is 44.2 Å². The van der Waals surface area contributed by atoms with E-state index in [9.17, 15) is 0 Å². The molecule has 0 radical (unpaired) electrons. The maximum atomic E-state index is 5.58. The zero-order chi connectivity index (χ0) is 16.0. The van der Waals surface area contributed by atoms with Crippen molar-refractivity contribution in [3.05, 3.63) is 35.4 Å². The molecule has 1 fully saturated rings. The summed E-state index contributed by atoms with van der Waals surface area (Å²) in [5.74, 6) is 1.51. The van der Waals surface area contributed by atoms with E-state index < -0.39 is 0 Å². The number of aromatic nitrogens is 3. The predicted octanol–water partition coefficient (Wildman–Crippen LogP) is 4.56. The lowest BCUT2D eigenvalue weighted by Crippen LogP contribution is -2.08. The lowest BCUT2D eigenvalue weighted by molar-refractivity contribution is 0.410. The molecule has 0 spiro atoms. The van der Waals surface area contributed by atoms with Gasteiger partial charge in [0.25, 0.3) is 0 Å². The molecule has 23 heavy (non-hydrogen) atoms. The number of fused-ring (bicyclic) bond motifs is 3. The fourth-order valence-corrected chi connectivity index (χ4v) is 4.04. The smallest absolute Gasteiger partial charge is 0.121 e. The average molecular weight is 309 g/mol. The Kier molecular flexibility index (Phi) is 3.47. The SMILES string of the molecule is COc1cc(C2CCCCC2)c2nc(C)c3c(C)ncn3c2c1. The second-order valence-electron chi connectivity index (χ2n) is 6.67. The van der Waals surface area contributed by atoms with E-state index in [4.69, 9.17) is 9.72 Å². The van der Waals surface area contributed by atoms with Gasteiger partial charge >= 0.3 is 0 Å². The topological polar surface area (TPSA) is 39.4 Å². The minimum absolute atomic E-state index is 0.593. The van der Waals surface area contributed by atoms with Crippen LogP contribution in [-0.4, -0.2) is 21.5 Å². The van der Waals surface area contributed by atoms with Crippen LogP contribution in [-0.2, 0) is 0 Å². The van der Waals surface area contributed by atoms with Crippen molar-refractivity contribution >= 4 is 16.6 Å². The second kappa shape index (κ2) is 5.52.